The van der Waals surface area contributed by atoms with E-state index in [1.807, 2.05) is 0 Å². The minimum absolute atomic E-state index is 0.0179. The molecule has 1 amide bonds. The van der Waals surface area contributed by atoms with Crippen LogP contribution >= 0.6 is 11.3 Å². The zero-order chi connectivity index (χ0) is 19.7. The van der Waals surface area contributed by atoms with E-state index in [1.165, 1.54) is 23.7 Å². The van der Waals surface area contributed by atoms with E-state index >= 15 is 0 Å². The zero-order valence-electron chi connectivity index (χ0n) is 15.1. The molecule has 1 saturated heterocycles. The van der Waals surface area contributed by atoms with E-state index in [0.29, 0.717) is 46.5 Å². The molecule has 0 radical (unpaired) electrons. The molecule has 3 aromatic heterocycles. The number of likely N-dealkylation sites (tertiary alicyclic amines) is 1. The predicted molar refractivity (Wildman–Crippen MR) is 105 cm³/mol. The van der Waals surface area contributed by atoms with Crippen LogP contribution in [0.25, 0.3) is 11.0 Å². The van der Waals surface area contributed by atoms with Gasteiger partial charge in [0.1, 0.15) is 23.5 Å². The fourth-order valence-corrected chi connectivity index (χ4v) is 3.71. The minimum atomic E-state index is -0.0920. The van der Waals surface area contributed by atoms with Crippen LogP contribution in [0.15, 0.2) is 24.4 Å². The highest BCUT2D eigenvalue weighted by molar-refractivity contribution is 7.11. The fraction of sp³-hybridized carbons (Fsp3) is 0.278. The molecule has 0 aromatic carbocycles. The van der Waals surface area contributed by atoms with Crippen molar-refractivity contribution in [1.82, 2.24) is 29.6 Å². The number of fused-ring (bicyclic) bond motifs is 1. The van der Waals surface area contributed by atoms with Crippen molar-refractivity contribution >= 4 is 34.1 Å². The molecule has 28 heavy (non-hydrogen) atoms. The second-order valence-corrected chi connectivity index (χ2v) is 6.95. The van der Waals surface area contributed by atoms with Gasteiger partial charge in [-0.3, -0.25) is 4.79 Å². The van der Waals surface area contributed by atoms with Crippen LogP contribution in [0.5, 0.6) is 5.19 Å². The number of thiazole rings is 1. The number of carbonyl (C=O) groups is 1. The summed E-state index contributed by atoms with van der Waals surface area (Å²) in [5.41, 5.74) is 7.75. The minimum Gasteiger partial charge on any atom is -0.473 e. The molecular formula is C18H17N7O2S. The third-order valence-corrected chi connectivity index (χ3v) is 5.28. The van der Waals surface area contributed by atoms with Crippen molar-refractivity contribution in [3.8, 4) is 17.0 Å². The monoisotopic (exact) mass is 395 g/mol. The Morgan fingerprint density at radius 1 is 1.46 bits per heavy atom. The summed E-state index contributed by atoms with van der Waals surface area (Å²) < 4.78 is 6.87. The highest BCUT2D eigenvalue weighted by Gasteiger charge is 2.29. The Morgan fingerprint density at radius 3 is 3.07 bits per heavy atom. The van der Waals surface area contributed by atoms with Gasteiger partial charge in [0, 0.05) is 18.5 Å². The Bertz CT molecular complexity index is 1120. The predicted octanol–water partition coefficient (Wildman–Crippen LogP) is 1.23. The van der Waals surface area contributed by atoms with Crippen LogP contribution < -0.4 is 10.5 Å². The van der Waals surface area contributed by atoms with E-state index < -0.39 is 0 Å². The third kappa shape index (κ3) is 3.16. The van der Waals surface area contributed by atoms with Gasteiger partial charge in [-0.2, -0.15) is 10.1 Å². The first-order valence-electron chi connectivity index (χ1n) is 8.52. The normalized spacial score (nSPS) is 16.0. The lowest BCUT2D eigenvalue weighted by Crippen LogP contribution is -2.27. The Morgan fingerprint density at radius 2 is 2.32 bits per heavy atom. The van der Waals surface area contributed by atoms with E-state index in [0.717, 1.165) is 6.42 Å². The van der Waals surface area contributed by atoms with Gasteiger partial charge in [-0.05, 0) is 24.3 Å². The zero-order valence-corrected chi connectivity index (χ0v) is 15.9. The summed E-state index contributed by atoms with van der Waals surface area (Å²) >= 11 is 1.37. The molecule has 1 atom stereocenters. The van der Waals surface area contributed by atoms with Gasteiger partial charge in [0.25, 0.3) is 5.19 Å². The van der Waals surface area contributed by atoms with Crippen molar-refractivity contribution in [2.24, 2.45) is 0 Å². The number of hydrogen-bond acceptors (Lipinski definition) is 8. The molecule has 1 aliphatic heterocycles. The SMILES string of the molecule is C=CC(=O)N1CC[C@H](n2nc(C#Cc3csc(OC)n3)c3c(N)ncnc32)C1. The molecule has 0 aliphatic carbocycles. The van der Waals surface area contributed by atoms with E-state index in [2.05, 4.69) is 38.5 Å². The second-order valence-electron chi connectivity index (χ2n) is 6.13. The van der Waals surface area contributed by atoms with E-state index in [4.69, 9.17) is 10.5 Å². The van der Waals surface area contributed by atoms with Crippen LogP contribution in [-0.2, 0) is 4.79 Å². The Kier molecular flexibility index (Phi) is 4.67. The van der Waals surface area contributed by atoms with Gasteiger partial charge < -0.3 is 15.4 Å². The molecule has 1 aliphatic rings. The first-order chi connectivity index (χ1) is 13.6. The van der Waals surface area contributed by atoms with Crippen molar-refractivity contribution in [2.75, 3.05) is 25.9 Å². The van der Waals surface area contributed by atoms with Crippen molar-refractivity contribution in [3.63, 3.8) is 0 Å². The number of nitrogens with zero attached hydrogens (tertiary/aromatic N) is 6. The van der Waals surface area contributed by atoms with Crippen LogP contribution in [0.1, 0.15) is 23.9 Å². The average Bonchev–Trinajstić information content (AvgIpc) is 3.44. The Balaban J connectivity index is 1.73. The maximum absolute atomic E-state index is 11.9. The third-order valence-electron chi connectivity index (χ3n) is 4.48. The summed E-state index contributed by atoms with van der Waals surface area (Å²) in [5.74, 6) is 6.22. The quantitative estimate of drug-likeness (QED) is 0.524. The lowest BCUT2D eigenvalue weighted by molar-refractivity contribution is -0.125. The van der Waals surface area contributed by atoms with Crippen molar-refractivity contribution in [1.29, 1.82) is 0 Å². The van der Waals surface area contributed by atoms with Gasteiger partial charge in [-0.15, -0.1) is 0 Å². The highest BCUT2D eigenvalue weighted by Crippen LogP contribution is 2.28. The molecule has 1 fully saturated rings. The number of methoxy groups -OCH3 is 1. The number of ether oxygens (including phenoxy) is 1. The van der Waals surface area contributed by atoms with Crippen LogP contribution in [0.4, 0.5) is 5.82 Å². The summed E-state index contributed by atoms with van der Waals surface area (Å²) in [6, 6.07) is -0.0179. The molecule has 2 N–H and O–H groups in total. The number of amides is 1. The van der Waals surface area contributed by atoms with E-state index in [9.17, 15) is 4.79 Å². The van der Waals surface area contributed by atoms with Crippen molar-refractivity contribution < 1.29 is 9.53 Å². The molecule has 142 valence electrons. The van der Waals surface area contributed by atoms with Gasteiger partial charge in [-0.1, -0.05) is 17.9 Å². The molecule has 0 unspecified atom stereocenters. The highest BCUT2D eigenvalue weighted by atomic mass is 32.1. The molecule has 0 bridgehead atoms. The first-order valence-corrected chi connectivity index (χ1v) is 9.40. The largest absolute Gasteiger partial charge is 0.473 e. The summed E-state index contributed by atoms with van der Waals surface area (Å²) in [6.45, 7) is 4.71. The topological polar surface area (TPSA) is 112 Å². The van der Waals surface area contributed by atoms with Crippen LogP contribution in [-0.4, -0.2) is 55.7 Å². The summed E-state index contributed by atoms with van der Waals surface area (Å²) in [4.78, 5) is 26.3. The van der Waals surface area contributed by atoms with Gasteiger partial charge in [0.2, 0.25) is 5.91 Å². The van der Waals surface area contributed by atoms with E-state index in [1.54, 1.807) is 22.1 Å². The maximum atomic E-state index is 11.9. The summed E-state index contributed by atoms with van der Waals surface area (Å²) in [7, 11) is 1.56. The molecule has 4 rings (SSSR count). The lowest BCUT2D eigenvalue weighted by atomic mass is 10.2. The molecular weight excluding hydrogens is 378 g/mol. The second kappa shape index (κ2) is 7.28. The van der Waals surface area contributed by atoms with Gasteiger partial charge in [-0.25, -0.2) is 14.6 Å². The van der Waals surface area contributed by atoms with E-state index in [-0.39, 0.29) is 11.9 Å². The molecule has 0 spiro atoms. The number of hydrogen-bond donors (Lipinski definition) is 1. The number of aromatic nitrogens is 5. The van der Waals surface area contributed by atoms with Crippen LogP contribution in [0, 0.1) is 11.8 Å². The molecule has 9 nitrogen and oxygen atoms in total. The van der Waals surface area contributed by atoms with Crippen molar-refractivity contribution in [3.05, 3.63) is 35.8 Å². The van der Waals surface area contributed by atoms with Crippen LogP contribution in [0.2, 0.25) is 0 Å². The molecule has 4 heterocycles. The average molecular weight is 395 g/mol. The number of nitrogen functional groups attached to an aromatic ring is 1. The fourth-order valence-electron chi connectivity index (χ4n) is 3.14. The first kappa shape index (κ1) is 17.9. The molecule has 10 heteroatoms. The molecule has 3 aromatic rings. The van der Waals surface area contributed by atoms with Crippen molar-refractivity contribution in [2.45, 2.75) is 12.5 Å². The van der Waals surface area contributed by atoms with Gasteiger partial charge in [0.15, 0.2) is 5.65 Å². The number of rotatable bonds is 3. The molecule has 0 saturated carbocycles. The standard InChI is InChI=1S/C18H17N7O2S/c1-3-14(26)24-7-6-12(8-24)25-17-15(16(19)20-10-21-17)13(23-25)5-4-11-9-28-18(22-11)27-2/h3,9-10,12H,1,6-8H2,2H3,(H2,19,20,21)/t12-/m0/s1. The summed E-state index contributed by atoms with van der Waals surface area (Å²) in [5, 5.41) is 7.59. The van der Waals surface area contributed by atoms with Gasteiger partial charge in [0.05, 0.1) is 18.5 Å². The lowest BCUT2D eigenvalue weighted by Gasteiger charge is -2.14. The van der Waals surface area contributed by atoms with Gasteiger partial charge >= 0.3 is 0 Å². The summed E-state index contributed by atoms with van der Waals surface area (Å²) in [6.07, 6.45) is 3.49. The smallest absolute Gasteiger partial charge is 0.274 e. The Hall–Kier alpha value is -3.45. The van der Waals surface area contributed by atoms with Crippen LogP contribution in [0.3, 0.4) is 0 Å². The number of carbonyl (C=O) groups excluding carboxylic acids is 1. The number of nitrogens with two attached hydrogens (primary N) is 1. The maximum Gasteiger partial charge on any atom is 0.274 e. The number of anilines is 1. The Labute approximate surface area is 164 Å².